The summed E-state index contributed by atoms with van der Waals surface area (Å²) in [5.41, 5.74) is 1.16. The van der Waals surface area contributed by atoms with Crippen LogP contribution in [-0.4, -0.2) is 12.0 Å². The Morgan fingerprint density at radius 1 is 1.39 bits per heavy atom. The van der Waals surface area contributed by atoms with Crippen molar-refractivity contribution < 1.29 is 22.7 Å². The van der Waals surface area contributed by atoms with Gasteiger partial charge in [0.15, 0.2) is 6.10 Å². The fourth-order valence-corrected chi connectivity index (χ4v) is 1.30. The third kappa shape index (κ3) is 3.63. The highest BCUT2D eigenvalue weighted by Gasteiger charge is 2.30. The molecule has 1 rings (SSSR count). The number of halogens is 3. The lowest BCUT2D eigenvalue weighted by molar-refractivity contribution is -0.137. The van der Waals surface area contributed by atoms with E-state index in [1.807, 2.05) is 5.43 Å². The van der Waals surface area contributed by atoms with Gasteiger partial charge in [0.2, 0.25) is 0 Å². The Labute approximate surface area is 102 Å². The van der Waals surface area contributed by atoms with Gasteiger partial charge >= 0.3 is 6.18 Å². The highest BCUT2D eigenvalue weighted by atomic mass is 19.4. The third-order valence-corrected chi connectivity index (χ3v) is 2.27. The van der Waals surface area contributed by atoms with Crippen molar-refractivity contribution in [3.05, 3.63) is 29.8 Å². The number of carbonyl (C=O) groups is 1. The molecule has 0 aliphatic heterocycles. The first-order chi connectivity index (χ1) is 8.38. The second-order valence-corrected chi connectivity index (χ2v) is 3.55. The molecule has 0 aliphatic carbocycles. The van der Waals surface area contributed by atoms with Crippen molar-refractivity contribution in [3.63, 3.8) is 0 Å². The summed E-state index contributed by atoms with van der Waals surface area (Å²) >= 11 is 0. The smallest absolute Gasteiger partial charge is 0.416 e. The van der Waals surface area contributed by atoms with E-state index in [9.17, 15) is 18.0 Å². The molecule has 0 saturated heterocycles. The molecule has 0 saturated carbocycles. The van der Waals surface area contributed by atoms with Gasteiger partial charge in [-0.25, -0.2) is 5.84 Å². The Morgan fingerprint density at radius 3 is 2.33 bits per heavy atom. The molecule has 7 heteroatoms. The number of carbonyl (C=O) groups excluding carboxylic acids is 1. The Kier molecular flexibility index (Phi) is 4.55. The van der Waals surface area contributed by atoms with Crippen LogP contribution >= 0.6 is 0 Å². The highest BCUT2D eigenvalue weighted by Crippen LogP contribution is 2.30. The van der Waals surface area contributed by atoms with Gasteiger partial charge < -0.3 is 4.74 Å². The molecule has 100 valence electrons. The van der Waals surface area contributed by atoms with Crippen LogP contribution < -0.4 is 16.0 Å². The maximum absolute atomic E-state index is 12.3. The van der Waals surface area contributed by atoms with E-state index in [2.05, 4.69) is 0 Å². The summed E-state index contributed by atoms with van der Waals surface area (Å²) in [6, 6.07) is 4.11. The van der Waals surface area contributed by atoms with Gasteiger partial charge in [-0.15, -0.1) is 0 Å². The summed E-state index contributed by atoms with van der Waals surface area (Å²) in [7, 11) is 0. The number of hydrazine groups is 1. The van der Waals surface area contributed by atoms with E-state index < -0.39 is 23.8 Å². The molecule has 1 amide bonds. The van der Waals surface area contributed by atoms with E-state index in [1.54, 1.807) is 6.92 Å². The third-order valence-electron chi connectivity index (χ3n) is 2.27. The summed E-state index contributed by atoms with van der Waals surface area (Å²) in [6.07, 6.45) is -4.87. The van der Waals surface area contributed by atoms with Crippen LogP contribution in [0.25, 0.3) is 0 Å². The van der Waals surface area contributed by atoms with Crippen LogP contribution in [0, 0.1) is 0 Å². The van der Waals surface area contributed by atoms with E-state index in [-0.39, 0.29) is 5.75 Å². The average Bonchev–Trinajstić information content (AvgIpc) is 2.34. The number of benzene rings is 1. The van der Waals surface area contributed by atoms with E-state index >= 15 is 0 Å². The van der Waals surface area contributed by atoms with Crippen molar-refractivity contribution in [2.75, 3.05) is 0 Å². The Hall–Kier alpha value is -1.76. The van der Waals surface area contributed by atoms with E-state index in [0.717, 1.165) is 24.3 Å². The van der Waals surface area contributed by atoms with Crippen LogP contribution in [0.1, 0.15) is 18.9 Å². The first-order valence-corrected chi connectivity index (χ1v) is 5.22. The van der Waals surface area contributed by atoms with Crippen LogP contribution in [0.4, 0.5) is 13.2 Å². The molecule has 1 aromatic carbocycles. The van der Waals surface area contributed by atoms with Crippen LogP contribution in [-0.2, 0) is 11.0 Å². The van der Waals surface area contributed by atoms with Crippen molar-refractivity contribution in [1.29, 1.82) is 0 Å². The molecular weight excluding hydrogens is 249 g/mol. The summed E-state index contributed by atoms with van der Waals surface area (Å²) in [5.74, 6) is 4.60. The fraction of sp³-hybridized carbons (Fsp3) is 0.364. The number of hydrogen-bond donors (Lipinski definition) is 2. The van der Waals surface area contributed by atoms with Crippen LogP contribution in [0.2, 0.25) is 0 Å². The Balaban J connectivity index is 2.77. The predicted molar refractivity (Wildman–Crippen MR) is 58.5 cm³/mol. The van der Waals surface area contributed by atoms with Crippen LogP contribution in [0.5, 0.6) is 5.75 Å². The second kappa shape index (κ2) is 5.72. The van der Waals surface area contributed by atoms with E-state index in [1.165, 1.54) is 0 Å². The summed E-state index contributed by atoms with van der Waals surface area (Å²) < 4.78 is 42.2. The molecule has 0 aliphatic rings. The molecule has 0 heterocycles. The van der Waals surface area contributed by atoms with E-state index in [4.69, 9.17) is 10.6 Å². The first-order valence-electron chi connectivity index (χ1n) is 5.22. The van der Waals surface area contributed by atoms with Gasteiger partial charge in [-0.1, -0.05) is 6.92 Å². The lowest BCUT2D eigenvalue weighted by Crippen LogP contribution is -2.41. The van der Waals surface area contributed by atoms with Gasteiger partial charge in [-0.2, -0.15) is 13.2 Å². The van der Waals surface area contributed by atoms with Gasteiger partial charge in [-0.3, -0.25) is 10.2 Å². The van der Waals surface area contributed by atoms with Crippen molar-refractivity contribution in [1.82, 2.24) is 5.43 Å². The molecule has 0 spiro atoms. The van der Waals surface area contributed by atoms with Crippen molar-refractivity contribution in [3.8, 4) is 5.75 Å². The lowest BCUT2D eigenvalue weighted by atomic mass is 10.2. The maximum atomic E-state index is 12.3. The van der Waals surface area contributed by atoms with Gasteiger partial charge in [0, 0.05) is 0 Å². The molecule has 1 unspecified atom stereocenters. The van der Waals surface area contributed by atoms with Crippen molar-refractivity contribution >= 4 is 5.91 Å². The molecule has 0 fully saturated rings. The monoisotopic (exact) mass is 262 g/mol. The molecule has 1 aromatic rings. The maximum Gasteiger partial charge on any atom is 0.416 e. The minimum Gasteiger partial charge on any atom is -0.481 e. The summed E-state index contributed by atoms with van der Waals surface area (Å²) in [5, 5.41) is 0. The first kappa shape index (κ1) is 14.3. The zero-order valence-electron chi connectivity index (χ0n) is 9.62. The number of rotatable bonds is 4. The zero-order valence-corrected chi connectivity index (χ0v) is 9.62. The molecule has 4 nitrogen and oxygen atoms in total. The van der Waals surface area contributed by atoms with Crippen molar-refractivity contribution in [2.45, 2.75) is 25.6 Å². The summed E-state index contributed by atoms with van der Waals surface area (Å²) in [6.45, 7) is 1.70. The molecule has 0 aromatic heterocycles. The molecule has 18 heavy (non-hydrogen) atoms. The molecule has 3 N–H and O–H groups in total. The van der Waals surface area contributed by atoms with Gasteiger partial charge in [0.1, 0.15) is 5.75 Å². The largest absolute Gasteiger partial charge is 0.481 e. The van der Waals surface area contributed by atoms with Gasteiger partial charge in [-0.05, 0) is 30.7 Å². The molecular formula is C11H13F3N2O2. The zero-order chi connectivity index (χ0) is 13.8. The highest BCUT2D eigenvalue weighted by molar-refractivity contribution is 5.80. The number of amides is 1. The Bertz CT molecular complexity index is 404. The normalized spacial score (nSPS) is 12.9. The van der Waals surface area contributed by atoms with E-state index in [0.29, 0.717) is 6.42 Å². The van der Waals surface area contributed by atoms with Crippen LogP contribution in [0.3, 0.4) is 0 Å². The molecule has 0 bridgehead atoms. The van der Waals surface area contributed by atoms with Crippen LogP contribution in [0.15, 0.2) is 24.3 Å². The number of ether oxygens (including phenoxy) is 1. The standard InChI is InChI=1S/C11H13F3N2O2/c1-2-9(10(17)16-15)18-8-5-3-7(4-6-8)11(12,13)14/h3-6,9H,2,15H2,1H3,(H,16,17). The SMILES string of the molecule is CCC(Oc1ccc(C(F)(F)F)cc1)C(=O)NN. The minimum absolute atomic E-state index is 0.179. The second-order valence-electron chi connectivity index (χ2n) is 3.55. The summed E-state index contributed by atoms with van der Waals surface area (Å²) in [4.78, 5) is 11.2. The Morgan fingerprint density at radius 2 is 1.94 bits per heavy atom. The molecule has 0 radical (unpaired) electrons. The predicted octanol–water partition coefficient (Wildman–Crippen LogP) is 1.85. The average molecular weight is 262 g/mol. The van der Waals surface area contributed by atoms with Gasteiger partial charge in [0.05, 0.1) is 5.56 Å². The lowest BCUT2D eigenvalue weighted by Gasteiger charge is -2.16. The number of hydrogen-bond acceptors (Lipinski definition) is 3. The minimum atomic E-state index is -4.39. The number of alkyl halides is 3. The number of nitrogens with one attached hydrogen (secondary N) is 1. The van der Waals surface area contributed by atoms with Crippen molar-refractivity contribution in [2.24, 2.45) is 5.84 Å². The topological polar surface area (TPSA) is 64.3 Å². The molecule has 1 atom stereocenters. The number of nitrogens with two attached hydrogens (primary N) is 1. The fourth-order valence-electron chi connectivity index (χ4n) is 1.30. The quantitative estimate of drug-likeness (QED) is 0.494. The van der Waals surface area contributed by atoms with Gasteiger partial charge in [0.25, 0.3) is 5.91 Å².